The lowest BCUT2D eigenvalue weighted by Gasteiger charge is -2.10. The zero-order valence-electron chi connectivity index (χ0n) is 16.0. The number of ketones is 1. The quantitative estimate of drug-likeness (QED) is 0.597. The van der Waals surface area contributed by atoms with Crippen molar-refractivity contribution in [2.24, 2.45) is 11.7 Å². The summed E-state index contributed by atoms with van der Waals surface area (Å²) in [7, 11) is 0. The molecule has 0 spiro atoms. The predicted octanol–water partition coefficient (Wildman–Crippen LogP) is 4.48. The second kappa shape index (κ2) is 8.26. The molecule has 1 atom stereocenters. The lowest BCUT2D eigenvalue weighted by atomic mass is 9.96. The average molecular weight is 339 g/mol. The molecule has 1 aromatic heterocycles. The van der Waals surface area contributed by atoms with Gasteiger partial charge in [0.05, 0.1) is 11.0 Å². The van der Waals surface area contributed by atoms with Gasteiger partial charge in [0.15, 0.2) is 5.78 Å². The van der Waals surface area contributed by atoms with Crippen molar-refractivity contribution < 1.29 is 4.79 Å². The molecular weight excluding hydrogens is 310 g/mol. The van der Waals surface area contributed by atoms with E-state index in [1.807, 2.05) is 52.0 Å². The molecule has 0 saturated heterocycles. The maximum atomic E-state index is 12.4. The van der Waals surface area contributed by atoms with Crippen LogP contribution in [0.2, 0.25) is 0 Å². The van der Waals surface area contributed by atoms with Crippen molar-refractivity contribution in [1.82, 2.24) is 9.55 Å². The number of hydrogen-bond acceptors (Lipinski definition) is 3. The summed E-state index contributed by atoms with van der Waals surface area (Å²) >= 11 is 0. The van der Waals surface area contributed by atoms with E-state index in [2.05, 4.69) is 17.6 Å². The molecule has 0 aliphatic rings. The highest BCUT2D eigenvalue weighted by Gasteiger charge is 2.16. The first-order chi connectivity index (χ1) is 12.0. The molecule has 2 rings (SSSR count). The van der Waals surface area contributed by atoms with Crippen molar-refractivity contribution in [3.05, 3.63) is 47.3 Å². The van der Waals surface area contributed by atoms with Gasteiger partial charge in [0.1, 0.15) is 5.82 Å². The fraction of sp³-hybridized carbons (Fsp3) is 0.429. The number of hydrogen-bond donors (Lipinski definition) is 1. The Hall–Kier alpha value is -2.20. The van der Waals surface area contributed by atoms with Gasteiger partial charge in [-0.05, 0) is 56.5 Å². The van der Waals surface area contributed by atoms with Crippen molar-refractivity contribution in [3.63, 3.8) is 0 Å². The van der Waals surface area contributed by atoms with Crippen LogP contribution in [-0.4, -0.2) is 15.3 Å². The molecule has 0 radical (unpaired) electrons. The van der Waals surface area contributed by atoms with Crippen LogP contribution in [0.3, 0.4) is 0 Å². The number of allylic oxidation sites excluding steroid dienone is 4. The van der Waals surface area contributed by atoms with Crippen LogP contribution in [0.15, 0.2) is 35.9 Å². The molecule has 25 heavy (non-hydrogen) atoms. The highest BCUT2D eigenvalue weighted by atomic mass is 16.1. The molecule has 134 valence electrons. The molecule has 2 N–H and O–H groups in total. The summed E-state index contributed by atoms with van der Waals surface area (Å²) in [5.74, 6) is 1.14. The van der Waals surface area contributed by atoms with Crippen molar-refractivity contribution in [3.8, 4) is 0 Å². The van der Waals surface area contributed by atoms with Gasteiger partial charge in [-0.3, -0.25) is 4.79 Å². The predicted molar refractivity (Wildman–Crippen MR) is 105 cm³/mol. The number of rotatable bonds is 7. The number of nitrogens with two attached hydrogens (primary N) is 1. The third kappa shape index (κ3) is 3.90. The fourth-order valence-electron chi connectivity index (χ4n) is 3.00. The molecule has 1 aromatic carbocycles. The van der Waals surface area contributed by atoms with Gasteiger partial charge >= 0.3 is 0 Å². The topological polar surface area (TPSA) is 60.9 Å². The van der Waals surface area contributed by atoms with Crippen LogP contribution in [0.5, 0.6) is 0 Å². The summed E-state index contributed by atoms with van der Waals surface area (Å²) in [6.45, 7) is 11.3. The van der Waals surface area contributed by atoms with E-state index in [1.165, 1.54) is 0 Å². The molecule has 1 unspecified atom stereocenters. The van der Waals surface area contributed by atoms with Gasteiger partial charge in [-0.15, -0.1) is 0 Å². The number of nitrogens with zero attached hydrogens (tertiary/aromatic N) is 2. The van der Waals surface area contributed by atoms with Gasteiger partial charge in [-0.2, -0.15) is 0 Å². The van der Waals surface area contributed by atoms with Crippen LogP contribution < -0.4 is 5.73 Å². The van der Waals surface area contributed by atoms with Crippen LogP contribution >= 0.6 is 0 Å². The summed E-state index contributed by atoms with van der Waals surface area (Å²) in [6.07, 6.45) is 4.83. The summed E-state index contributed by atoms with van der Waals surface area (Å²) in [5.41, 5.74) is 10.6. The Balaban J connectivity index is 2.52. The smallest absolute Gasteiger partial charge is 0.161 e. The molecular formula is C21H29N3O. The maximum Gasteiger partial charge on any atom is 0.161 e. The summed E-state index contributed by atoms with van der Waals surface area (Å²) in [6, 6.07) is 6.16. The van der Waals surface area contributed by atoms with E-state index in [-0.39, 0.29) is 11.7 Å². The van der Waals surface area contributed by atoms with Gasteiger partial charge in [-0.25, -0.2) is 4.98 Å². The Morgan fingerprint density at radius 1 is 1.36 bits per heavy atom. The van der Waals surface area contributed by atoms with Gasteiger partial charge in [0, 0.05) is 24.6 Å². The minimum absolute atomic E-state index is 0.0476. The van der Waals surface area contributed by atoms with Crippen molar-refractivity contribution in [2.75, 3.05) is 0 Å². The standard InChI is InChI=1S/C21H29N3O/c1-6-14(4)20(25)15(5)11-17(7-2)21-23-18-12-16(13-22)9-10-19(18)24(21)8-3/h7,9-12,14H,6,8,13,22H2,1-5H3/b15-11-,17-7+. The average Bonchev–Trinajstić information content (AvgIpc) is 3.01. The second-order valence-electron chi connectivity index (χ2n) is 6.45. The van der Waals surface area contributed by atoms with E-state index in [0.717, 1.165) is 46.5 Å². The molecule has 0 aliphatic heterocycles. The third-order valence-corrected chi connectivity index (χ3v) is 4.75. The van der Waals surface area contributed by atoms with E-state index >= 15 is 0 Å². The Morgan fingerprint density at radius 3 is 2.64 bits per heavy atom. The lowest BCUT2D eigenvalue weighted by molar-refractivity contribution is -0.118. The van der Waals surface area contributed by atoms with E-state index < -0.39 is 0 Å². The minimum Gasteiger partial charge on any atom is -0.326 e. The number of carbonyl (C=O) groups excluding carboxylic acids is 1. The van der Waals surface area contributed by atoms with Gasteiger partial charge < -0.3 is 10.3 Å². The summed E-state index contributed by atoms with van der Waals surface area (Å²) in [5, 5.41) is 0. The van der Waals surface area contributed by atoms with Crippen molar-refractivity contribution >= 4 is 22.4 Å². The summed E-state index contributed by atoms with van der Waals surface area (Å²) < 4.78 is 2.18. The Labute approximate surface area is 150 Å². The van der Waals surface area contributed by atoms with E-state index in [1.54, 1.807) is 0 Å². The van der Waals surface area contributed by atoms with E-state index in [0.29, 0.717) is 6.54 Å². The van der Waals surface area contributed by atoms with Crippen LogP contribution in [0.1, 0.15) is 52.4 Å². The van der Waals surface area contributed by atoms with Gasteiger partial charge in [0.25, 0.3) is 0 Å². The fourth-order valence-corrected chi connectivity index (χ4v) is 3.00. The first kappa shape index (κ1) is 19.1. The molecule has 0 saturated carbocycles. The number of aromatic nitrogens is 2. The first-order valence-electron chi connectivity index (χ1n) is 9.05. The normalized spacial score (nSPS) is 14.2. The second-order valence-corrected chi connectivity index (χ2v) is 6.45. The maximum absolute atomic E-state index is 12.4. The highest BCUT2D eigenvalue weighted by molar-refractivity contribution is 5.99. The minimum atomic E-state index is 0.0476. The molecule has 0 bridgehead atoms. The lowest BCUT2D eigenvalue weighted by Crippen LogP contribution is -2.11. The molecule has 4 nitrogen and oxygen atoms in total. The number of carbonyl (C=O) groups is 1. The molecule has 0 fully saturated rings. The third-order valence-electron chi connectivity index (χ3n) is 4.75. The number of fused-ring (bicyclic) bond motifs is 1. The molecule has 0 aliphatic carbocycles. The van der Waals surface area contributed by atoms with Crippen LogP contribution in [0, 0.1) is 5.92 Å². The number of benzene rings is 1. The largest absolute Gasteiger partial charge is 0.326 e. The van der Waals surface area contributed by atoms with E-state index in [9.17, 15) is 4.79 Å². The highest BCUT2D eigenvalue weighted by Crippen LogP contribution is 2.25. The Morgan fingerprint density at radius 2 is 2.08 bits per heavy atom. The van der Waals surface area contributed by atoms with Gasteiger partial charge in [-0.1, -0.05) is 26.0 Å². The molecule has 1 heterocycles. The number of imidazole rings is 1. The van der Waals surface area contributed by atoms with Crippen LogP contribution in [0.25, 0.3) is 16.6 Å². The number of Topliss-reactive ketones (excluding diaryl/α,β-unsaturated/α-hetero) is 1. The van der Waals surface area contributed by atoms with Crippen molar-refractivity contribution in [1.29, 1.82) is 0 Å². The van der Waals surface area contributed by atoms with E-state index in [4.69, 9.17) is 10.7 Å². The number of aryl methyl sites for hydroxylation is 1. The first-order valence-corrected chi connectivity index (χ1v) is 9.05. The van der Waals surface area contributed by atoms with Gasteiger partial charge in [0.2, 0.25) is 0 Å². The Bertz CT molecular complexity index is 827. The molecule has 4 heteroatoms. The van der Waals surface area contributed by atoms with Crippen LogP contribution in [0.4, 0.5) is 0 Å². The zero-order chi connectivity index (χ0) is 18.6. The summed E-state index contributed by atoms with van der Waals surface area (Å²) in [4.78, 5) is 17.3. The monoisotopic (exact) mass is 339 g/mol. The zero-order valence-corrected chi connectivity index (χ0v) is 16.0. The Kier molecular flexibility index (Phi) is 6.32. The van der Waals surface area contributed by atoms with Crippen LogP contribution in [-0.2, 0) is 17.9 Å². The molecule has 0 amide bonds. The molecule has 2 aromatic rings. The van der Waals surface area contributed by atoms with Crippen molar-refractivity contribution in [2.45, 2.75) is 54.1 Å². The SMILES string of the molecule is C/C=C(\C=C(\C)C(=O)C(C)CC)c1nc2cc(CN)ccc2n1CC.